The number of halogens is 1. The summed E-state index contributed by atoms with van der Waals surface area (Å²) in [5.74, 6) is 0. The lowest BCUT2D eigenvalue weighted by Crippen LogP contribution is -2.22. The topological polar surface area (TPSA) is 41.7 Å². The molecular weight excluding hydrogens is 326 g/mol. The first kappa shape index (κ1) is 14.9. The minimum absolute atomic E-state index is 0.608. The van der Waals surface area contributed by atoms with Crippen LogP contribution >= 0.6 is 22.9 Å². The van der Waals surface area contributed by atoms with Gasteiger partial charge in [0.1, 0.15) is 10.3 Å². The van der Waals surface area contributed by atoms with E-state index in [1.807, 2.05) is 29.1 Å². The number of hydrogen-bond acceptors (Lipinski definition) is 3. The molecule has 0 bridgehead atoms. The Balaban J connectivity index is 1.68. The molecule has 3 nitrogen and oxygen atoms in total. The third kappa shape index (κ3) is 2.81. The van der Waals surface area contributed by atoms with Crippen molar-refractivity contribution in [3.8, 4) is 0 Å². The molecule has 1 aliphatic carbocycles. The van der Waals surface area contributed by atoms with Crippen LogP contribution in [0, 0.1) is 5.41 Å². The lowest BCUT2D eigenvalue weighted by atomic mass is 9.97. The van der Waals surface area contributed by atoms with Crippen LogP contribution in [0.4, 0.5) is 0 Å². The number of hydrogen-bond donors (Lipinski definition) is 1. The highest BCUT2D eigenvalue weighted by molar-refractivity contribution is 7.18. The normalized spacial score (nSPS) is 14.1. The lowest BCUT2D eigenvalue weighted by molar-refractivity contribution is 0.644. The smallest absolute Gasteiger partial charge is 0.136 e. The number of aromatic nitrogens is 2. The van der Waals surface area contributed by atoms with Crippen LogP contribution in [0.25, 0.3) is 10.2 Å². The molecule has 1 aliphatic rings. The molecule has 2 aromatic heterocycles. The second-order valence-electron chi connectivity index (χ2n) is 6.06. The maximum atomic E-state index is 8.61. The van der Waals surface area contributed by atoms with Gasteiger partial charge in [0.15, 0.2) is 0 Å². The van der Waals surface area contributed by atoms with Crippen LogP contribution in [-0.4, -0.2) is 9.55 Å². The van der Waals surface area contributed by atoms with Gasteiger partial charge in [-0.1, -0.05) is 23.7 Å². The van der Waals surface area contributed by atoms with E-state index in [4.69, 9.17) is 17.0 Å². The Morgan fingerprint density at radius 1 is 1.26 bits per heavy atom. The van der Waals surface area contributed by atoms with Crippen molar-refractivity contribution >= 4 is 33.2 Å². The van der Waals surface area contributed by atoms with Crippen LogP contribution in [0.2, 0.25) is 5.02 Å². The summed E-state index contributed by atoms with van der Waals surface area (Å²) in [4.78, 5) is 7.09. The molecule has 1 aromatic carbocycles. The van der Waals surface area contributed by atoms with Gasteiger partial charge in [-0.2, -0.15) is 0 Å². The monoisotopic (exact) mass is 343 g/mol. The molecule has 5 heteroatoms. The van der Waals surface area contributed by atoms with Crippen molar-refractivity contribution in [1.29, 1.82) is 5.41 Å². The summed E-state index contributed by atoms with van der Waals surface area (Å²) >= 11 is 7.82. The van der Waals surface area contributed by atoms with Crippen LogP contribution in [0.5, 0.6) is 0 Å². The molecule has 2 heterocycles. The molecule has 0 fully saturated rings. The molecule has 0 saturated carbocycles. The quantitative estimate of drug-likeness (QED) is 0.754. The van der Waals surface area contributed by atoms with Gasteiger partial charge in [0.05, 0.1) is 11.7 Å². The number of nitrogens with zero attached hydrogens (tertiary/aromatic N) is 2. The molecule has 0 atom stereocenters. The molecular formula is C18H18ClN3S. The number of benzene rings is 1. The number of aryl methyl sites for hydroxylation is 4. The fourth-order valence-corrected chi connectivity index (χ4v) is 4.76. The van der Waals surface area contributed by atoms with Crippen LogP contribution < -0.4 is 5.49 Å². The standard InChI is InChI=1S/C18H18ClN3S/c19-13-5-3-4-12(10-13)8-9-22-11-21-18-16(17(22)20)14-6-1-2-7-15(14)23-18/h3-5,10-11,20H,1-2,6-9H2. The van der Waals surface area contributed by atoms with Crippen molar-refractivity contribution in [2.24, 2.45) is 0 Å². The average Bonchev–Trinajstić information content (AvgIpc) is 2.93. The maximum Gasteiger partial charge on any atom is 0.136 e. The third-order valence-electron chi connectivity index (χ3n) is 4.52. The number of thiophene rings is 1. The summed E-state index contributed by atoms with van der Waals surface area (Å²) in [6.07, 6.45) is 7.42. The Bertz CT molecular complexity index is 926. The van der Waals surface area contributed by atoms with E-state index in [0.717, 1.165) is 41.0 Å². The summed E-state index contributed by atoms with van der Waals surface area (Å²) in [7, 11) is 0. The maximum absolute atomic E-state index is 8.61. The average molecular weight is 344 g/mol. The van der Waals surface area contributed by atoms with Crippen molar-refractivity contribution in [3.05, 3.63) is 57.1 Å². The van der Waals surface area contributed by atoms with Gasteiger partial charge in [0.25, 0.3) is 0 Å². The Kier molecular flexibility index (Phi) is 3.95. The van der Waals surface area contributed by atoms with E-state index in [-0.39, 0.29) is 0 Å². The van der Waals surface area contributed by atoms with Crippen molar-refractivity contribution in [2.45, 2.75) is 38.6 Å². The Labute approximate surface area is 144 Å². The minimum Gasteiger partial charge on any atom is -0.317 e. The predicted octanol–water partition coefficient (Wildman–Crippen LogP) is 4.35. The van der Waals surface area contributed by atoms with E-state index in [2.05, 4.69) is 11.1 Å². The fourth-order valence-electron chi connectivity index (χ4n) is 3.32. The van der Waals surface area contributed by atoms with Gasteiger partial charge in [0.2, 0.25) is 0 Å². The number of nitrogens with one attached hydrogen (secondary N) is 1. The first-order valence-corrected chi connectivity index (χ1v) is 9.20. The first-order chi connectivity index (χ1) is 11.2. The second kappa shape index (κ2) is 6.10. The molecule has 0 spiro atoms. The van der Waals surface area contributed by atoms with Gasteiger partial charge in [-0.25, -0.2) is 4.98 Å². The zero-order valence-corrected chi connectivity index (χ0v) is 14.4. The van der Waals surface area contributed by atoms with Gasteiger partial charge in [-0.15, -0.1) is 11.3 Å². The summed E-state index contributed by atoms with van der Waals surface area (Å²) in [6, 6.07) is 7.93. The van der Waals surface area contributed by atoms with E-state index in [0.29, 0.717) is 5.49 Å². The highest BCUT2D eigenvalue weighted by Crippen LogP contribution is 2.33. The van der Waals surface area contributed by atoms with Crippen LogP contribution in [-0.2, 0) is 25.8 Å². The molecule has 4 rings (SSSR count). The van der Waals surface area contributed by atoms with E-state index in [1.165, 1.54) is 28.8 Å². The molecule has 0 amide bonds. The Morgan fingerprint density at radius 2 is 2.13 bits per heavy atom. The fraction of sp³-hybridized carbons (Fsp3) is 0.333. The van der Waals surface area contributed by atoms with E-state index < -0.39 is 0 Å². The molecule has 23 heavy (non-hydrogen) atoms. The third-order valence-corrected chi connectivity index (χ3v) is 5.96. The summed E-state index contributed by atoms with van der Waals surface area (Å²) in [6.45, 7) is 0.757. The lowest BCUT2D eigenvalue weighted by Gasteiger charge is -2.11. The molecule has 0 aliphatic heterocycles. The molecule has 118 valence electrons. The summed E-state index contributed by atoms with van der Waals surface area (Å²) in [5, 5.41) is 10.5. The minimum atomic E-state index is 0.608. The van der Waals surface area contributed by atoms with Crippen LogP contribution in [0.3, 0.4) is 0 Å². The van der Waals surface area contributed by atoms with Crippen LogP contribution in [0.15, 0.2) is 30.6 Å². The highest BCUT2D eigenvalue weighted by Gasteiger charge is 2.18. The first-order valence-electron chi connectivity index (χ1n) is 8.01. The predicted molar refractivity (Wildman–Crippen MR) is 95.3 cm³/mol. The van der Waals surface area contributed by atoms with E-state index in [1.54, 1.807) is 11.3 Å². The summed E-state index contributed by atoms with van der Waals surface area (Å²) < 4.78 is 1.96. The van der Waals surface area contributed by atoms with E-state index >= 15 is 0 Å². The number of rotatable bonds is 3. The second-order valence-corrected chi connectivity index (χ2v) is 7.58. The largest absolute Gasteiger partial charge is 0.317 e. The molecule has 0 saturated heterocycles. The zero-order valence-electron chi connectivity index (χ0n) is 12.8. The van der Waals surface area contributed by atoms with Crippen molar-refractivity contribution < 1.29 is 0 Å². The highest BCUT2D eigenvalue weighted by atomic mass is 35.5. The SMILES string of the molecule is N=c1c2c3c(sc2ncn1CCc1cccc(Cl)c1)CCCC3. The number of fused-ring (bicyclic) bond motifs is 3. The van der Waals surface area contributed by atoms with Crippen molar-refractivity contribution in [2.75, 3.05) is 0 Å². The van der Waals surface area contributed by atoms with Crippen molar-refractivity contribution in [3.63, 3.8) is 0 Å². The molecule has 0 radical (unpaired) electrons. The molecule has 3 aromatic rings. The van der Waals surface area contributed by atoms with Crippen LogP contribution in [0.1, 0.15) is 28.8 Å². The molecule has 1 N–H and O–H groups in total. The Hall–Kier alpha value is -1.65. The van der Waals surface area contributed by atoms with Gasteiger partial charge < -0.3 is 4.57 Å². The molecule has 0 unspecified atom stereocenters. The Morgan fingerprint density at radius 3 is 3.00 bits per heavy atom. The van der Waals surface area contributed by atoms with E-state index in [9.17, 15) is 0 Å². The van der Waals surface area contributed by atoms with Gasteiger partial charge in [-0.05, 0) is 55.4 Å². The van der Waals surface area contributed by atoms with Gasteiger partial charge in [-0.3, -0.25) is 5.41 Å². The zero-order chi connectivity index (χ0) is 15.8. The van der Waals surface area contributed by atoms with Crippen molar-refractivity contribution in [1.82, 2.24) is 9.55 Å². The summed E-state index contributed by atoms with van der Waals surface area (Å²) in [5.41, 5.74) is 3.18. The van der Waals surface area contributed by atoms with Gasteiger partial charge in [0, 0.05) is 16.4 Å². The van der Waals surface area contributed by atoms with Gasteiger partial charge >= 0.3 is 0 Å².